The third kappa shape index (κ3) is 5.64. The molecular formula is C21H19BrN2O5S. The van der Waals surface area contributed by atoms with E-state index < -0.39 is 5.97 Å². The number of amides is 1. The van der Waals surface area contributed by atoms with E-state index in [-0.39, 0.29) is 19.1 Å². The van der Waals surface area contributed by atoms with Crippen molar-refractivity contribution in [2.45, 2.75) is 6.92 Å². The number of carbonyl (C=O) groups excluding carboxylic acids is 2. The maximum Gasteiger partial charge on any atom is 0.344 e. The van der Waals surface area contributed by atoms with E-state index in [9.17, 15) is 9.59 Å². The minimum absolute atomic E-state index is 0.228. The molecule has 1 N–H and O–H groups in total. The Balaban J connectivity index is 1.80. The zero-order chi connectivity index (χ0) is 21.5. The smallest absolute Gasteiger partial charge is 0.344 e. The Kier molecular flexibility index (Phi) is 7.53. The van der Waals surface area contributed by atoms with Gasteiger partial charge in [-0.15, -0.1) is 0 Å². The number of halogens is 1. The molecule has 1 amide bonds. The first-order chi connectivity index (χ1) is 14.5. The SMILES string of the molecule is CCOC(=O)COc1cc(Br)c(C=C2SC(=Nc3ccccc3)NC2=O)cc1OC. The zero-order valence-corrected chi connectivity index (χ0v) is 18.7. The fourth-order valence-corrected chi connectivity index (χ4v) is 3.78. The molecule has 0 aliphatic carbocycles. The number of nitrogens with zero attached hydrogens (tertiary/aromatic N) is 1. The summed E-state index contributed by atoms with van der Waals surface area (Å²) in [5.74, 6) is 0.111. The van der Waals surface area contributed by atoms with Gasteiger partial charge in [0, 0.05) is 4.47 Å². The van der Waals surface area contributed by atoms with E-state index in [1.54, 1.807) is 25.1 Å². The predicted molar refractivity (Wildman–Crippen MR) is 120 cm³/mol. The summed E-state index contributed by atoms with van der Waals surface area (Å²) in [6.45, 7) is 1.78. The first kappa shape index (κ1) is 21.9. The number of rotatable bonds is 7. The lowest BCUT2D eigenvalue weighted by Gasteiger charge is -2.12. The molecule has 0 unspecified atom stereocenters. The van der Waals surface area contributed by atoms with E-state index in [0.717, 1.165) is 5.69 Å². The Morgan fingerprint density at radius 1 is 1.23 bits per heavy atom. The summed E-state index contributed by atoms with van der Waals surface area (Å²) in [7, 11) is 1.50. The van der Waals surface area contributed by atoms with Crippen molar-refractivity contribution in [3.63, 3.8) is 0 Å². The molecule has 0 radical (unpaired) electrons. The topological polar surface area (TPSA) is 86.2 Å². The quantitative estimate of drug-likeness (QED) is 0.460. The van der Waals surface area contributed by atoms with Crippen molar-refractivity contribution in [3.8, 4) is 11.5 Å². The number of aliphatic imine (C=N–C) groups is 1. The Morgan fingerprint density at radius 2 is 2.00 bits per heavy atom. The number of hydrogen-bond acceptors (Lipinski definition) is 7. The normalized spacial score (nSPS) is 15.9. The van der Waals surface area contributed by atoms with E-state index in [0.29, 0.717) is 31.6 Å². The van der Waals surface area contributed by atoms with Crippen LogP contribution in [0.1, 0.15) is 12.5 Å². The van der Waals surface area contributed by atoms with E-state index in [4.69, 9.17) is 14.2 Å². The Labute approximate surface area is 186 Å². The highest BCUT2D eigenvalue weighted by molar-refractivity contribution is 9.10. The lowest BCUT2D eigenvalue weighted by atomic mass is 10.2. The van der Waals surface area contributed by atoms with Crippen molar-refractivity contribution in [1.82, 2.24) is 5.32 Å². The number of para-hydroxylation sites is 1. The summed E-state index contributed by atoms with van der Waals surface area (Å²) in [5, 5.41) is 3.27. The van der Waals surface area contributed by atoms with Crippen LogP contribution >= 0.6 is 27.7 Å². The van der Waals surface area contributed by atoms with Crippen molar-refractivity contribution in [2.24, 2.45) is 4.99 Å². The third-order valence-corrected chi connectivity index (χ3v) is 5.45. The Bertz CT molecular complexity index is 1010. The number of methoxy groups -OCH3 is 1. The first-order valence-corrected chi connectivity index (χ1v) is 10.6. The second-order valence-electron chi connectivity index (χ2n) is 5.94. The first-order valence-electron chi connectivity index (χ1n) is 9.00. The van der Waals surface area contributed by atoms with Crippen molar-refractivity contribution in [3.05, 3.63) is 57.4 Å². The van der Waals surface area contributed by atoms with Gasteiger partial charge in [-0.3, -0.25) is 4.79 Å². The maximum absolute atomic E-state index is 12.3. The number of thioether (sulfide) groups is 1. The van der Waals surface area contributed by atoms with Crippen LogP contribution in [-0.2, 0) is 14.3 Å². The second kappa shape index (κ2) is 10.3. The molecule has 1 heterocycles. The molecule has 2 aromatic carbocycles. The maximum atomic E-state index is 12.3. The number of benzene rings is 2. The van der Waals surface area contributed by atoms with Gasteiger partial charge in [0.2, 0.25) is 0 Å². The average molecular weight is 491 g/mol. The highest BCUT2D eigenvalue weighted by Gasteiger charge is 2.24. The number of carbonyl (C=O) groups is 2. The molecule has 1 fully saturated rings. The van der Waals surface area contributed by atoms with E-state index in [1.165, 1.54) is 18.9 Å². The van der Waals surface area contributed by atoms with Crippen LogP contribution in [0.15, 0.2) is 56.8 Å². The summed E-state index contributed by atoms with van der Waals surface area (Å²) >= 11 is 4.73. The minimum atomic E-state index is -0.467. The van der Waals surface area contributed by atoms with Gasteiger partial charge in [-0.05, 0) is 54.6 Å². The Hall–Kier alpha value is -2.78. The molecule has 0 aromatic heterocycles. The molecule has 1 aliphatic rings. The van der Waals surface area contributed by atoms with Crippen LogP contribution in [-0.4, -0.2) is 37.4 Å². The summed E-state index contributed by atoms with van der Waals surface area (Å²) in [4.78, 5) is 28.8. The molecule has 2 aromatic rings. The van der Waals surface area contributed by atoms with Gasteiger partial charge in [-0.25, -0.2) is 9.79 Å². The highest BCUT2D eigenvalue weighted by atomic mass is 79.9. The standard InChI is InChI=1S/C21H19BrN2O5S/c1-3-28-19(25)12-29-17-11-15(22)13(9-16(17)27-2)10-18-20(26)24-21(30-18)23-14-7-5-4-6-8-14/h4-11H,3,12H2,1-2H3,(H,23,24,26). The molecule has 0 bridgehead atoms. The molecule has 0 spiro atoms. The van der Waals surface area contributed by atoms with Gasteiger partial charge in [-0.1, -0.05) is 34.1 Å². The molecule has 30 heavy (non-hydrogen) atoms. The van der Waals surface area contributed by atoms with Gasteiger partial charge in [-0.2, -0.15) is 0 Å². The third-order valence-electron chi connectivity index (χ3n) is 3.86. The molecule has 0 atom stereocenters. The lowest BCUT2D eigenvalue weighted by Crippen LogP contribution is -2.19. The number of nitrogens with one attached hydrogen (secondary N) is 1. The van der Waals surface area contributed by atoms with Crippen molar-refractivity contribution in [1.29, 1.82) is 0 Å². The van der Waals surface area contributed by atoms with Crippen LogP contribution in [0.25, 0.3) is 6.08 Å². The molecule has 3 rings (SSSR count). The fourth-order valence-electron chi connectivity index (χ4n) is 2.51. The van der Waals surface area contributed by atoms with Crippen LogP contribution in [0, 0.1) is 0 Å². The minimum Gasteiger partial charge on any atom is -0.493 e. The molecule has 7 nitrogen and oxygen atoms in total. The number of amidine groups is 1. The zero-order valence-electron chi connectivity index (χ0n) is 16.3. The lowest BCUT2D eigenvalue weighted by molar-refractivity contribution is -0.145. The van der Waals surface area contributed by atoms with E-state index in [2.05, 4.69) is 26.2 Å². The van der Waals surface area contributed by atoms with Crippen LogP contribution in [0.5, 0.6) is 11.5 Å². The summed E-state index contributed by atoms with van der Waals surface area (Å²) in [6.07, 6.45) is 1.73. The van der Waals surface area contributed by atoms with Crippen molar-refractivity contribution < 1.29 is 23.8 Å². The van der Waals surface area contributed by atoms with Crippen LogP contribution < -0.4 is 14.8 Å². The van der Waals surface area contributed by atoms with Gasteiger partial charge < -0.3 is 19.5 Å². The summed E-state index contributed by atoms with van der Waals surface area (Å²) in [6, 6.07) is 12.8. The summed E-state index contributed by atoms with van der Waals surface area (Å²) in [5.41, 5.74) is 1.47. The van der Waals surface area contributed by atoms with Crippen LogP contribution in [0.4, 0.5) is 5.69 Å². The second-order valence-corrected chi connectivity index (χ2v) is 7.82. The number of esters is 1. The fraction of sp³-hybridized carbons (Fsp3) is 0.190. The summed E-state index contributed by atoms with van der Waals surface area (Å²) < 4.78 is 16.4. The monoisotopic (exact) mass is 490 g/mol. The predicted octanol–water partition coefficient (Wildman–Crippen LogP) is 4.29. The Morgan fingerprint density at radius 3 is 2.70 bits per heavy atom. The molecule has 1 aliphatic heterocycles. The van der Waals surface area contributed by atoms with Gasteiger partial charge >= 0.3 is 5.97 Å². The van der Waals surface area contributed by atoms with E-state index in [1.807, 2.05) is 30.3 Å². The largest absolute Gasteiger partial charge is 0.493 e. The highest BCUT2D eigenvalue weighted by Crippen LogP contribution is 2.36. The molecular weight excluding hydrogens is 472 g/mol. The molecule has 0 saturated carbocycles. The van der Waals surface area contributed by atoms with Gasteiger partial charge in [0.1, 0.15) is 0 Å². The van der Waals surface area contributed by atoms with E-state index >= 15 is 0 Å². The number of ether oxygens (including phenoxy) is 3. The van der Waals surface area contributed by atoms with Gasteiger partial charge in [0.15, 0.2) is 23.3 Å². The number of hydrogen-bond donors (Lipinski definition) is 1. The molecule has 156 valence electrons. The van der Waals surface area contributed by atoms with Crippen molar-refractivity contribution in [2.75, 3.05) is 20.3 Å². The van der Waals surface area contributed by atoms with Crippen LogP contribution in [0.3, 0.4) is 0 Å². The van der Waals surface area contributed by atoms with Crippen LogP contribution in [0.2, 0.25) is 0 Å². The average Bonchev–Trinajstić information content (AvgIpc) is 3.07. The van der Waals surface area contributed by atoms with Gasteiger partial charge in [0.05, 0.1) is 24.3 Å². The van der Waals surface area contributed by atoms with Gasteiger partial charge in [0.25, 0.3) is 5.91 Å². The van der Waals surface area contributed by atoms with Crippen molar-refractivity contribution >= 4 is 56.5 Å². The molecule has 1 saturated heterocycles. The molecule has 9 heteroatoms.